The van der Waals surface area contributed by atoms with Crippen LogP contribution < -0.4 is 3.71 Å². The van der Waals surface area contributed by atoms with Gasteiger partial charge in [0.1, 0.15) is 0 Å². The van der Waals surface area contributed by atoms with E-state index in [0.29, 0.717) is 0 Å². The van der Waals surface area contributed by atoms with E-state index in [1.165, 1.54) is 16.7 Å². The minimum atomic E-state index is 1.08. The fraction of sp³-hybridized carbons (Fsp3) is 0.333. The van der Waals surface area contributed by atoms with Gasteiger partial charge in [-0.15, -0.1) is 0 Å². The topological polar surface area (TPSA) is 3.24 Å². The van der Waals surface area contributed by atoms with Gasteiger partial charge in [-0.05, 0) is 31.9 Å². The van der Waals surface area contributed by atoms with Crippen LogP contribution in [0.3, 0.4) is 0 Å². The number of nitrogens with zero attached hydrogens (tertiary/aromatic N) is 1. The molecule has 0 aliphatic rings. The monoisotopic (exact) mass is 199 g/mol. The van der Waals surface area contributed by atoms with E-state index in [1.807, 2.05) is 0 Å². The number of rotatable bonds is 1. The van der Waals surface area contributed by atoms with E-state index in [2.05, 4.69) is 58.5 Å². The van der Waals surface area contributed by atoms with Gasteiger partial charge in [0.05, 0.1) is 5.69 Å². The highest BCUT2D eigenvalue weighted by Gasteiger charge is 2.05. The standard InChI is InChI=1S/C9H13NS2/c1-6-4-7(2)9(10(11)12)8(3)5-6/h4-5,11-12H,1-3H3. The predicted octanol–water partition coefficient (Wildman–Crippen LogP) is 3.11. The molecule has 66 valence electrons. The molecule has 0 aliphatic carbocycles. The lowest BCUT2D eigenvalue weighted by molar-refractivity contribution is 1.31. The van der Waals surface area contributed by atoms with E-state index in [0.717, 1.165) is 5.69 Å². The van der Waals surface area contributed by atoms with Gasteiger partial charge in [-0.25, -0.2) is 0 Å². The van der Waals surface area contributed by atoms with Crippen LogP contribution in [0.25, 0.3) is 0 Å². The molecule has 0 saturated heterocycles. The number of hydrogen-bond acceptors (Lipinski definition) is 3. The van der Waals surface area contributed by atoms with Crippen molar-refractivity contribution < 1.29 is 0 Å². The minimum absolute atomic E-state index is 1.08. The van der Waals surface area contributed by atoms with Crippen molar-refractivity contribution >= 4 is 31.3 Å². The van der Waals surface area contributed by atoms with Crippen molar-refractivity contribution in [3.8, 4) is 0 Å². The van der Waals surface area contributed by atoms with Crippen LogP contribution in [-0.4, -0.2) is 0 Å². The molecule has 0 radical (unpaired) electrons. The molecule has 0 heterocycles. The molecule has 1 aromatic rings. The van der Waals surface area contributed by atoms with Gasteiger partial charge >= 0.3 is 0 Å². The summed E-state index contributed by atoms with van der Waals surface area (Å²) in [6, 6.07) is 4.25. The molecule has 12 heavy (non-hydrogen) atoms. The maximum Gasteiger partial charge on any atom is 0.0647 e. The summed E-state index contributed by atoms with van der Waals surface area (Å²) in [5.74, 6) is 0. The summed E-state index contributed by atoms with van der Waals surface area (Å²) in [5, 5.41) is 0. The lowest BCUT2D eigenvalue weighted by Gasteiger charge is -2.16. The summed E-state index contributed by atoms with van der Waals surface area (Å²) in [5.41, 5.74) is 4.76. The number of benzene rings is 1. The lowest BCUT2D eigenvalue weighted by atomic mass is 10.1. The van der Waals surface area contributed by atoms with Crippen molar-refractivity contribution in [1.82, 2.24) is 0 Å². The Morgan fingerprint density at radius 1 is 1.00 bits per heavy atom. The zero-order chi connectivity index (χ0) is 9.30. The van der Waals surface area contributed by atoms with Gasteiger partial charge in [0, 0.05) is 0 Å². The van der Waals surface area contributed by atoms with Gasteiger partial charge in [0.15, 0.2) is 0 Å². The third-order valence-corrected chi connectivity index (χ3v) is 2.24. The Balaban J connectivity index is 3.28. The minimum Gasteiger partial charge on any atom is -0.264 e. The maximum absolute atomic E-state index is 4.16. The molecular formula is C9H13NS2. The second-order valence-corrected chi connectivity index (χ2v) is 4.15. The molecule has 0 N–H and O–H groups in total. The van der Waals surface area contributed by atoms with Gasteiger partial charge in [-0.3, -0.25) is 3.71 Å². The summed E-state index contributed by atoms with van der Waals surface area (Å²) in [7, 11) is 0. The molecule has 1 rings (SSSR count). The zero-order valence-electron chi connectivity index (χ0n) is 7.50. The third kappa shape index (κ3) is 1.90. The Morgan fingerprint density at radius 2 is 1.42 bits per heavy atom. The lowest BCUT2D eigenvalue weighted by Crippen LogP contribution is -1.99. The molecule has 3 heteroatoms. The molecule has 1 nitrogen and oxygen atoms in total. The fourth-order valence-corrected chi connectivity index (χ4v) is 2.12. The van der Waals surface area contributed by atoms with E-state index >= 15 is 0 Å². The van der Waals surface area contributed by atoms with Crippen LogP contribution in [0.4, 0.5) is 5.69 Å². The highest BCUT2D eigenvalue weighted by Crippen LogP contribution is 2.28. The van der Waals surface area contributed by atoms with Gasteiger partial charge in [-0.2, -0.15) is 0 Å². The van der Waals surface area contributed by atoms with Crippen molar-refractivity contribution in [1.29, 1.82) is 0 Å². The Bertz CT molecular complexity index is 272. The van der Waals surface area contributed by atoms with Crippen molar-refractivity contribution in [3.05, 3.63) is 28.8 Å². The van der Waals surface area contributed by atoms with Crippen LogP contribution >= 0.6 is 25.6 Å². The van der Waals surface area contributed by atoms with Crippen LogP contribution in [0.1, 0.15) is 16.7 Å². The van der Waals surface area contributed by atoms with E-state index < -0.39 is 0 Å². The van der Waals surface area contributed by atoms with Crippen LogP contribution in [0, 0.1) is 20.8 Å². The predicted molar refractivity (Wildman–Crippen MR) is 61.1 cm³/mol. The molecule has 0 amide bonds. The first-order valence-corrected chi connectivity index (χ1v) is 4.58. The van der Waals surface area contributed by atoms with Crippen LogP contribution in [0.15, 0.2) is 12.1 Å². The molecule has 0 aromatic heterocycles. The summed E-state index contributed by atoms with van der Waals surface area (Å²) in [6.07, 6.45) is 0. The highest BCUT2D eigenvalue weighted by molar-refractivity contribution is 8.00. The second kappa shape index (κ2) is 3.62. The van der Waals surface area contributed by atoms with E-state index in [9.17, 15) is 0 Å². The van der Waals surface area contributed by atoms with Gasteiger partial charge in [-0.1, -0.05) is 43.3 Å². The van der Waals surface area contributed by atoms with E-state index in [4.69, 9.17) is 0 Å². The smallest absolute Gasteiger partial charge is 0.0647 e. The fourth-order valence-electron chi connectivity index (χ4n) is 1.49. The summed E-state index contributed by atoms with van der Waals surface area (Å²) in [4.78, 5) is 0. The quantitative estimate of drug-likeness (QED) is 0.657. The van der Waals surface area contributed by atoms with Crippen LogP contribution in [0.5, 0.6) is 0 Å². The normalized spacial score (nSPS) is 10.1. The number of aryl methyl sites for hydroxylation is 3. The average molecular weight is 199 g/mol. The Labute approximate surface area is 84.9 Å². The number of anilines is 1. The molecule has 0 spiro atoms. The molecule has 0 bridgehead atoms. The highest BCUT2D eigenvalue weighted by atomic mass is 32.2. The summed E-state index contributed by atoms with van der Waals surface area (Å²) >= 11 is 8.32. The Morgan fingerprint density at radius 3 is 1.75 bits per heavy atom. The first kappa shape index (κ1) is 9.81. The molecule has 0 saturated carbocycles. The molecule has 0 atom stereocenters. The summed E-state index contributed by atoms with van der Waals surface area (Å²) < 4.78 is 1.56. The summed E-state index contributed by atoms with van der Waals surface area (Å²) in [6.45, 7) is 6.22. The second-order valence-electron chi connectivity index (χ2n) is 3.04. The Kier molecular flexibility index (Phi) is 2.96. The van der Waals surface area contributed by atoms with Crippen molar-refractivity contribution in [2.45, 2.75) is 20.8 Å². The molecular weight excluding hydrogens is 186 g/mol. The SMILES string of the molecule is Cc1cc(C)c(N(S)S)c(C)c1. The number of hydrogen-bond donors (Lipinski definition) is 2. The van der Waals surface area contributed by atoms with Crippen molar-refractivity contribution in [2.75, 3.05) is 3.71 Å². The van der Waals surface area contributed by atoms with Gasteiger partial charge in [0.25, 0.3) is 0 Å². The maximum atomic E-state index is 4.16. The molecule has 0 unspecified atom stereocenters. The average Bonchev–Trinajstić information content (AvgIpc) is 1.82. The molecule has 1 aromatic carbocycles. The van der Waals surface area contributed by atoms with Crippen LogP contribution in [-0.2, 0) is 0 Å². The van der Waals surface area contributed by atoms with Crippen molar-refractivity contribution in [2.24, 2.45) is 0 Å². The molecule has 0 aliphatic heterocycles. The van der Waals surface area contributed by atoms with Gasteiger partial charge in [0.2, 0.25) is 0 Å². The third-order valence-electron chi connectivity index (χ3n) is 1.84. The van der Waals surface area contributed by atoms with Crippen LogP contribution in [0.2, 0.25) is 0 Å². The largest absolute Gasteiger partial charge is 0.264 e. The Hall–Kier alpha value is -0.280. The van der Waals surface area contributed by atoms with Gasteiger partial charge < -0.3 is 0 Å². The number of thiol groups is 2. The van der Waals surface area contributed by atoms with E-state index in [1.54, 1.807) is 3.71 Å². The van der Waals surface area contributed by atoms with E-state index in [-0.39, 0.29) is 0 Å². The first-order chi connectivity index (χ1) is 5.52. The first-order valence-electron chi connectivity index (χ1n) is 3.78. The zero-order valence-corrected chi connectivity index (χ0v) is 9.29. The molecule has 0 fully saturated rings. The van der Waals surface area contributed by atoms with Crippen molar-refractivity contribution in [3.63, 3.8) is 0 Å².